The minimum absolute atomic E-state index is 0.231. The second-order valence-electron chi connectivity index (χ2n) is 7.00. The molecule has 0 spiro atoms. The van der Waals surface area contributed by atoms with Gasteiger partial charge in [-0.25, -0.2) is 8.42 Å². The van der Waals surface area contributed by atoms with Crippen molar-refractivity contribution in [3.8, 4) is 22.6 Å². The summed E-state index contributed by atoms with van der Waals surface area (Å²) in [6.07, 6.45) is 4.13. The van der Waals surface area contributed by atoms with Crippen LogP contribution < -0.4 is 9.47 Å². The predicted molar refractivity (Wildman–Crippen MR) is 110 cm³/mol. The second-order valence-corrected chi connectivity index (χ2v) is 9.01. The highest BCUT2D eigenvalue weighted by Gasteiger charge is 2.18. The molecule has 0 aromatic heterocycles. The molecule has 5 heteroatoms. The normalized spacial score (nSPS) is 12.9. The summed E-state index contributed by atoms with van der Waals surface area (Å²) in [6, 6.07) is 21.5. The highest BCUT2D eigenvalue weighted by molar-refractivity contribution is 7.90. The minimum Gasteiger partial charge on any atom is -0.454 e. The highest BCUT2D eigenvalue weighted by Crippen LogP contribution is 2.39. The lowest BCUT2D eigenvalue weighted by Crippen LogP contribution is -1.97. The Morgan fingerprint density at radius 3 is 2.21 bits per heavy atom. The van der Waals surface area contributed by atoms with E-state index < -0.39 is 9.84 Å². The van der Waals surface area contributed by atoms with Crippen LogP contribution in [-0.2, 0) is 22.7 Å². The van der Waals surface area contributed by atoms with E-state index in [1.807, 2.05) is 30.3 Å². The first-order chi connectivity index (χ1) is 13.5. The SMILES string of the molecule is CS(=O)(=O)c1ccc(-c2cc3c(cc2CCCc2ccccc2)OCO3)cc1. The third kappa shape index (κ3) is 4.04. The molecule has 0 fully saturated rings. The van der Waals surface area contributed by atoms with Crippen molar-refractivity contribution >= 4 is 9.84 Å². The van der Waals surface area contributed by atoms with Crippen molar-refractivity contribution in [2.75, 3.05) is 13.0 Å². The maximum Gasteiger partial charge on any atom is 0.231 e. The number of aryl methyl sites for hydroxylation is 2. The Hall–Kier alpha value is -2.79. The topological polar surface area (TPSA) is 52.6 Å². The van der Waals surface area contributed by atoms with Crippen molar-refractivity contribution in [2.45, 2.75) is 24.2 Å². The smallest absolute Gasteiger partial charge is 0.231 e. The number of rotatable bonds is 6. The van der Waals surface area contributed by atoms with Crippen molar-refractivity contribution in [1.29, 1.82) is 0 Å². The largest absolute Gasteiger partial charge is 0.454 e. The molecule has 0 bridgehead atoms. The number of fused-ring (bicyclic) bond motifs is 1. The molecule has 3 aromatic carbocycles. The van der Waals surface area contributed by atoms with Gasteiger partial charge >= 0.3 is 0 Å². The van der Waals surface area contributed by atoms with E-state index >= 15 is 0 Å². The molecule has 4 rings (SSSR count). The fourth-order valence-corrected chi connectivity index (χ4v) is 4.10. The van der Waals surface area contributed by atoms with Crippen LogP contribution in [0.15, 0.2) is 71.6 Å². The first kappa shape index (κ1) is 18.6. The van der Waals surface area contributed by atoms with Gasteiger partial charge in [0.2, 0.25) is 6.79 Å². The summed E-state index contributed by atoms with van der Waals surface area (Å²) in [5, 5.41) is 0. The van der Waals surface area contributed by atoms with E-state index in [4.69, 9.17) is 9.47 Å². The van der Waals surface area contributed by atoms with Gasteiger partial charge in [0.25, 0.3) is 0 Å². The number of hydrogen-bond acceptors (Lipinski definition) is 4. The minimum atomic E-state index is -3.21. The van der Waals surface area contributed by atoms with Gasteiger partial charge in [-0.15, -0.1) is 0 Å². The molecule has 0 aliphatic carbocycles. The van der Waals surface area contributed by atoms with E-state index in [0.29, 0.717) is 4.90 Å². The lowest BCUT2D eigenvalue weighted by molar-refractivity contribution is 0.174. The number of ether oxygens (including phenoxy) is 2. The second kappa shape index (κ2) is 7.68. The fraction of sp³-hybridized carbons (Fsp3) is 0.217. The van der Waals surface area contributed by atoms with Crippen LogP contribution >= 0.6 is 0 Å². The van der Waals surface area contributed by atoms with Crippen molar-refractivity contribution < 1.29 is 17.9 Å². The molecule has 4 nitrogen and oxygen atoms in total. The van der Waals surface area contributed by atoms with Crippen LogP contribution in [0.2, 0.25) is 0 Å². The third-order valence-electron chi connectivity index (χ3n) is 4.95. The summed E-state index contributed by atoms with van der Waals surface area (Å²) in [5.41, 5.74) is 4.52. The molecule has 144 valence electrons. The molecular formula is C23H22O4S. The first-order valence-corrected chi connectivity index (χ1v) is 11.2. The summed E-state index contributed by atoms with van der Waals surface area (Å²) in [4.78, 5) is 0.322. The van der Waals surface area contributed by atoms with Crippen LogP contribution in [0, 0.1) is 0 Å². The zero-order valence-electron chi connectivity index (χ0n) is 15.7. The van der Waals surface area contributed by atoms with Gasteiger partial charge in [-0.1, -0.05) is 42.5 Å². The summed E-state index contributed by atoms with van der Waals surface area (Å²) in [7, 11) is -3.21. The van der Waals surface area contributed by atoms with Crippen LogP contribution in [-0.4, -0.2) is 21.5 Å². The van der Waals surface area contributed by atoms with E-state index in [2.05, 4.69) is 24.3 Å². The maximum atomic E-state index is 11.7. The Labute approximate surface area is 165 Å². The molecular weight excluding hydrogens is 372 g/mol. The predicted octanol–water partition coefficient (Wildman–Crippen LogP) is 4.66. The number of sulfone groups is 1. The Morgan fingerprint density at radius 2 is 1.54 bits per heavy atom. The Balaban J connectivity index is 1.62. The van der Waals surface area contributed by atoms with Gasteiger partial charge in [0.1, 0.15) is 0 Å². The van der Waals surface area contributed by atoms with Crippen LogP contribution in [0.4, 0.5) is 0 Å². The average Bonchev–Trinajstić information content (AvgIpc) is 3.15. The van der Waals surface area contributed by atoms with Crippen molar-refractivity contribution in [3.05, 3.63) is 77.9 Å². The van der Waals surface area contributed by atoms with Crippen LogP contribution in [0.25, 0.3) is 11.1 Å². The summed E-state index contributed by atoms with van der Waals surface area (Å²) < 4.78 is 34.6. The van der Waals surface area contributed by atoms with E-state index in [9.17, 15) is 8.42 Å². The Kier molecular flexibility index (Phi) is 5.09. The lowest BCUT2D eigenvalue weighted by atomic mass is 9.94. The number of hydrogen-bond donors (Lipinski definition) is 0. The molecule has 3 aromatic rings. The standard InChI is InChI=1S/C23H22O4S/c1-28(24,25)20-12-10-18(11-13-20)21-15-23-22(26-16-27-23)14-19(21)9-5-8-17-6-3-2-4-7-17/h2-4,6-7,10-15H,5,8-9,16H2,1H3. The van der Waals surface area contributed by atoms with Crippen molar-refractivity contribution in [1.82, 2.24) is 0 Å². The van der Waals surface area contributed by atoms with E-state index in [-0.39, 0.29) is 6.79 Å². The molecule has 0 N–H and O–H groups in total. The van der Waals surface area contributed by atoms with Crippen LogP contribution in [0.1, 0.15) is 17.5 Å². The molecule has 0 unspecified atom stereocenters. The van der Waals surface area contributed by atoms with E-state index in [0.717, 1.165) is 41.9 Å². The fourth-order valence-electron chi connectivity index (χ4n) is 3.47. The third-order valence-corrected chi connectivity index (χ3v) is 6.07. The van der Waals surface area contributed by atoms with E-state index in [1.54, 1.807) is 12.1 Å². The monoisotopic (exact) mass is 394 g/mol. The van der Waals surface area contributed by atoms with E-state index in [1.165, 1.54) is 17.4 Å². The summed E-state index contributed by atoms with van der Waals surface area (Å²) in [5.74, 6) is 1.50. The Bertz CT molecular complexity index is 1070. The molecule has 1 aliphatic heterocycles. The van der Waals surface area contributed by atoms with Crippen LogP contribution in [0.3, 0.4) is 0 Å². The summed E-state index contributed by atoms with van der Waals surface area (Å²) in [6.45, 7) is 0.231. The first-order valence-electron chi connectivity index (χ1n) is 9.28. The molecule has 0 saturated carbocycles. The van der Waals surface area contributed by atoms with Crippen molar-refractivity contribution in [2.24, 2.45) is 0 Å². The Morgan fingerprint density at radius 1 is 0.857 bits per heavy atom. The zero-order valence-corrected chi connectivity index (χ0v) is 16.5. The van der Waals surface area contributed by atoms with Gasteiger partial charge < -0.3 is 9.47 Å². The summed E-state index contributed by atoms with van der Waals surface area (Å²) >= 11 is 0. The average molecular weight is 394 g/mol. The van der Waals surface area contributed by atoms with Crippen LogP contribution in [0.5, 0.6) is 11.5 Å². The van der Waals surface area contributed by atoms with Gasteiger partial charge in [-0.05, 0) is 65.8 Å². The van der Waals surface area contributed by atoms with Gasteiger partial charge in [0, 0.05) is 6.26 Å². The zero-order chi connectivity index (χ0) is 19.6. The van der Waals surface area contributed by atoms with Gasteiger partial charge in [0.05, 0.1) is 4.90 Å². The molecule has 1 aliphatic rings. The molecule has 0 saturated heterocycles. The maximum absolute atomic E-state index is 11.7. The van der Waals surface area contributed by atoms with Gasteiger partial charge in [0.15, 0.2) is 21.3 Å². The van der Waals surface area contributed by atoms with Gasteiger partial charge in [-0.3, -0.25) is 0 Å². The molecule has 0 amide bonds. The molecule has 1 heterocycles. The quantitative estimate of drug-likeness (QED) is 0.610. The molecule has 0 radical (unpaired) electrons. The highest BCUT2D eigenvalue weighted by atomic mass is 32.2. The lowest BCUT2D eigenvalue weighted by Gasteiger charge is -2.12. The van der Waals surface area contributed by atoms with Crippen molar-refractivity contribution in [3.63, 3.8) is 0 Å². The molecule has 28 heavy (non-hydrogen) atoms. The van der Waals surface area contributed by atoms with Gasteiger partial charge in [-0.2, -0.15) is 0 Å². The number of benzene rings is 3. The molecule has 0 atom stereocenters.